The molecule has 0 aliphatic rings. The third-order valence-electron chi connectivity index (χ3n) is 1.03. The molecule has 0 fully saturated rings. The van der Waals surface area contributed by atoms with Crippen LogP contribution < -0.4 is 0 Å². The van der Waals surface area contributed by atoms with Gasteiger partial charge in [0, 0.05) is 35.4 Å². The summed E-state index contributed by atoms with van der Waals surface area (Å²) in [6, 6.07) is 0. The Kier molecular flexibility index (Phi) is 9.63. The van der Waals surface area contributed by atoms with Gasteiger partial charge in [0.15, 0.2) is 0 Å². The van der Waals surface area contributed by atoms with Gasteiger partial charge in [0.05, 0.1) is 0 Å². The molecule has 0 saturated carbocycles. The van der Waals surface area contributed by atoms with Crippen LogP contribution in [0, 0.1) is 21.7 Å². The van der Waals surface area contributed by atoms with E-state index in [0.29, 0.717) is 6.42 Å². The van der Waals surface area contributed by atoms with Gasteiger partial charge in [0.2, 0.25) is 0 Å². The van der Waals surface area contributed by atoms with E-state index < -0.39 is 0 Å². The van der Waals surface area contributed by atoms with Crippen molar-refractivity contribution in [3.05, 3.63) is 12.2 Å². The monoisotopic (exact) mass is 272 g/mol. The van der Waals surface area contributed by atoms with Crippen molar-refractivity contribution in [1.29, 1.82) is 0 Å². The van der Waals surface area contributed by atoms with Crippen LogP contribution >= 0.6 is 22.6 Å². The third-order valence-corrected chi connectivity index (χ3v) is 1.34. The van der Waals surface area contributed by atoms with Gasteiger partial charge in [0.25, 0.3) is 0 Å². The normalized spacial score (nSPS) is 8.08. The average molecular weight is 272 g/mol. The minimum absolute atomic E-state index is 0.603. The first-order chi connectivity index (χ1) is 5.91. The van der Waals surface area contributed by atoms with Crippen molar-refractivity contribution in [1.82, 2.24) is 0 Å². The van der Waals surface area contributed by atoms with E-state index in [4.69, 9.17) is 0 Å². The molecule has 0 unspecified atom stereocenters. The summed E-state index contributed by atoms with van der Waals surface area (Å²) in [5.41, 5.74) is 0. The molecule has 0 heterocycles. The molecule has 62 valence electrons. The van der Waals surface area contributed by atoms with Gasteiger partial charge in [-0.3, -0.25) is 0 Å². The number of aldehydes is 1. The van der Waals surface area contributed by atoms with Crippen LogP contribution in [-0.4, -0.2) is 6.29 Å². The maximum Gasteiger partial charge on any atom is 0.120 e. The van der Waals surface area contributed by atoms with Crippen molar-refractivity contribution in [3.63, 3.8) is 0 Å². The van der Waals surface area contributed by atoms with E-state index in [-0.39, 0.29) is 0 Å². The number of unbranched alkanes of at least 4 members (excludes halogenated alkanes) is 2. The quantitative estimate of drug-likeness (QED) is 0.333. The van der Waals surface area contributed by atoms with Crippen LogP contribution in [-0.2, 0) is 4.79 Å². The van der Waals surface area contributed by atoms with Crippen molar-refractivity contribution in [2.45, 2.75) is 19.3 Å². The van der Waals surface area contributed by atoms with E-state index in [1.165, 1.54) is 0 Å². The molecule has 0 bridgehead atoms. The lowest BCUT2D eigenvalue weighted by Gasteiger charge is -1.80. The molecule has 0 atom stereocenters. The van der Waals surface area contributed by atoms with E-state index >= 15 is 0 Å². The number of rotatable bonds is 3. The lowest BCUT2D eigenvalue weighted by molar-refractivity contribution is -0.107. The molecule has 0 radical (unpaired) electrons. The molecular formula is C10H9IO. The Bertz CT molecular complexity index is 257. The number of allylic oxidation sites excluding steroid dienone is 2. The predicted molar refractivity (Wildman–Crippen MR) is 58.6 cm³/mol. The van der Waals surface area contributed by atoms with Gasteiger partial charge >= 0.3 is 0 Å². The van der Waals surface area contributed by atoms with Crippen molar-refractivity contribution >= 4 is 28.9 Å². The summed E-state index contributed by atoms with van der Waals surface area (Å²) in [4.78, 5) is 9.90. The summed E-state index contributed by atoms with van der Waals surface area (Å²) in [7, 11) is 0. The second-order valence-electron chi connectivity index (χ2n) is 1.95. The van der Waals surface area contributed by atoms with Crippen molar-refractivity contribution in [2.24, 2.45) is 0 Å². The van der Waals surface area contributed by atoms with E-state index in [2.05, 4.69) is 21.7 Å². The fourth-order valence-corrected chi connectivity index (χ4v) is 0.699. The molecule has 1 nitrogen and oxygen atoms in total. The lowest BCUT2D eigenvalue weighted by atomic mass is 10.2. The van der Waals surface area contributed by atoms with Gasteiger partial charge in [-0.15, -0.1) is 0 Å². The first-order valence-corrected chi connectivity index (χ1v) is 4.68. The predicted octanol–water partition coefficient (Wildman–Crippen LogP) is 2.31. The van der Waals surface area contributed by atoms with E-state index in [1.54, 1.807) is 12.2 Å². The molecule has 0 N–H and O–H groups in total. The highest BCUT2D eigenvalue weighted by Crippen LogP contribution is 1.88. The summed E-state index contributed by atoms with van der Waals surface area (Å²) >= 11 is 1.97. The van der Waals surface area contributed by atoms with Crippen LogP contribution in [0.5, 0.6) is 0 Å². The Hall–Kier alpha value is -0.740. The molecule has 0 spiro atoms. The maximum atomic E-state index is 9.90. The zero-order valence-electron chi connectivity index (χ0n) is 6.64. The van der Waals surface area contributed by atoms with Gasteiger partial charge < -0.3 is 4.79 Å². The second kappa shape index (κ2) is 10.3. The summed E-state index contributed by atoms with van der Waals surface area (Å²) < 4.78 is 2.70. The number of halogens is 1. The van der Waals surface area contributed by atoms with Crippen LogP contribution in [0.3, 0.4) is 0 Å². The number of hydrogen-bond acceptors (Lipinski definition) is 1. The molecule has 0 aliphatic carbocycles. The Morgan fingerprint density at radius 2 is 2.00 bits per heavy atom. The van der Waals surface area contributed by atoms with E-state index in [9.17, 15) is 4.79 Å². The Balaban J connectivity index is 3.44. The highest BCUT2D eigenvalue weighted by Gasteiger charge is 1.78. The molecule has 0 rings (SSSR count). The van der Waals surface area contributed by atoms with Gasteiger partial charge in [-0.25, -0.2) is 0 Å². The summed E-state index contributed by atoms with van der Waals surface area (Å²) in [5.74, 6) is 8.49. The van der Waals surface area contributed by atoms with Crippen molar-refractivity contribution in [3.8, 4) is 21.7 Å². The second-order valence-corrected chi connectivity index (χ2v) is 2.49. The number of hydrogen-bond donors (Lipinski definition) is 0. The van der Waals surface area contributed by atoms with Crippen LogP contribution in [0.25, 0.3) is 0 Å². The first-order valence-electron chi connectivity index (χ1n) is 3.60. The van der Waals surface area contributed by atoms with E-state index in [0.717, 1.165) is 19.1 Å². The average Bonchev–Trinajstić information content (AvgIpc) is 2.10. The number of carbonyl (C=O) groups is 1. The standard InChI is InChI=1S/C10H9IO/c11-9-7-5-3-1-2-4-6-8-10-12/h3,5,10H,4,6,8H2/b5-3-. The molecule has 12 heavy (non-hydrogen) atoms. The lowest BCUT2D eigenvalue weighted by Crippen LogP contribution is -1.73. The molecular weight excluding hydrogens is 263 g/mol. The minimum Gasteiger partial charge on any atom is -0.303 e. The highest BCUT2D eigenvalue weighted by molar-refractivity contribution is 14.1. The van der Waals surface area contributed by atoms with Crippen molar-refractivity contribution < 1.29 is 4.79 Å². The zero-order valence-corrected chi connectivity index (χ0v) is 8.80. The Morgan fingerprint density at radius 3 is 2.67 bits per heavy atom. The molecule has 0 aliphatic heterocycles. The van der Waals surface area contributed by atoms with Crippen LogP contribution in [0.15, 0.2) is 12.2 Å². The summed E-state index contributed by atoms with van der Waals surface area (Å²) in [5, 5.41) is 0. The highest BCUT2D eigenvalue weighted by atomic mass is 127. The largest absolute Gasteiger partial charge is 0.303 e. The fraction of sp³-hybridized carbons (Fsp3) is 0.300. The van der Waals surface area contributed by atoms with Gasteiger partial charge in [-0.2, -0.15) is 0 Å². The van der Waals surface area contributed by atoms with E-state index in [1.807, 2.05) is 22.6 Å². The molecule has 0 aromatic heterocycles. The third kappa shape index (κ3) is 9.26. The van der Waals surface area contributed by atoms with Crippen LogP contribution in [0.2, 0.25) is 0 Å². The topological polar surface area (TPSA) is 17.1 Å². The molecule has 0 saturated heterocycles. The summed E-state index contributed by atoms with van der Waals surface area (Å²) in [6.45, 7) is 0. The SMILES string of the molecule is O=CCCCC#C/C=C\C#CI. The smallest absolute Gasteiger partial charge is 0.120 e. The molecule has 2 heteroatoms. The molecule has 0 amide bonds. The Labute approximate surface area is 86.8 Å². The summed E-state index contributed by atoms with van der Waals surface area (Å²) in [6.07, 6.45) is 6.57. The first kappa shape index (κ1) is 11.3. The number of carbonyl (C=O) groups excluding carboxylic acids is 1. The zero-order chi connectivity index (χ0) is 9.07. The fourth-order valence-electron chi connectivity index (χ4n) is 0.520. The van der Waals surface area contributed by atoms with Gasteiger partial charge in [0.1, 0.15) is 6.29 Å². The van der Waals surface area contributed by atoms with Crippen molar-refractivity contribution in [2.75, 3.05) is 0 Å². The van der Waals surface area contributed by atoms with Crippen LogP contribution in [0.1, 0.15) is 19.3 Å². The minimum atomic E-state index is 0.603. The molecule has 0 aromatic rings. The van der Waals surface area contributed by atoms with Gasteiger partial charge in [-0.05, 0) is 22.5 Å². The van der Waals surface area contributed by atoms with Gasteiger partial charge in [-0.1, -0.05) is 17.8 Å². The Morgan fingerprint density at radius 1 is 1.25 bits per heavy atom. The molecule has 0 aromatic carbocycles. The van der Waals surface area contributed by atoms with Crippen LogP contribution in [0.4, 0.5) is 0 Å². The maximum absolute atomic E-state index is 9.90.